The predicted octanol–water partition coefficient (Wildman–Crippen LogP) is 2.60. The highest BCUT2D eigenvalue weighted by atomic mass is 19.1. The molecule has 0 saturated heterocycles. The third-order valence-electron chi connectivity index (χ3n) is 2.98. The van der Waals surface area contributed by atoms with Gasteiger partial charge in [-0.3, -0.25) is 0 Å². The van der Waals surface area contributed by atoms with Gasteiger partial charge in [0.1, 0.15) is 18.2 Å². The first-order valence-electron chi connectivity index (χ1n) is 6.41. The molecule has 0 saturated carbocycles. The molecule has 1 atom stereocenters. The Balaban J connectivity index is 2.61. The van der Waals surface area contributed by atoms with Gasteiger partial charge in [0.25, 0.3) is 0 Å². The van der Waals surface area contributed by atoms with Gasteiger partial charge in [0.15, 0.2) is 0 Å². The van der Waals surface area contributed by atoms with E-state index in [-0.39, 0.29) is 5.82 Å². The fraction of sp³-hybridized carbons (Fsp3) is 0.571. The van der Waals surface area contributed by atoms with Crippen LogP contribution in [0.15, 0.2) is 18.2 Å². The Hall–Kier alpha value is -1.13. The topological polar surface area (TPSA) is 32.7 Å². The van der Waals surface area contributed by atoms with E-state index in [0.717, 1.165) is 19.6 Å². The van der Waals surface area contributed by atoms with Crippen LogP contribution in [0.5, 0.6) is 5.75 Å². The molecule has 0 unspecified atom stereocenters. The van der Waals surface area contributed by atoms with E-state index in [1.807, 2.05) is 0 Å². The summed E-state index contributed by atoms with van der Waals surface area (Å²) in [7, 11) is 0. The zero-order chi connectivity index (χ0) is 13.5. The van der Waals surface area contributed by atoms with E-state index >= 15 is 0 Å². The van der Waals surface area contributed by atoms with Gasteiger partial charge in [-0.05, 0) is 38.2 Å². The molecular weight excluding hydrogens is 233 g/mol. The van der Waals surface area contributed by atoms with E-state index in [9.17, 15) is 9.50 Å². The Bertz CT molecular complexity index is 365. The Morgan fingerprint density at radius 2 is 2.00 bits per heavy atom. The largest absolute Gasteiger partial charge is 0.492 e. The lowest BCUT2D eigenvalue weighted by atomic mass is 10.1. The van der Waals surface area contributed by atoms with E-state index in [4.69, 9.17) is 4.74 Å². The average Bonchev–Trinajstić information content (AvgIpc) is 2.36. The van der Waals surface area contributed by atoms with Gasteiger partial charge >= 0.3 is 0 Å². The van der Waals surface area contributed by atoms with E-state index < -0.39 is 6.10 Å². The number of ether oxygens (including phenoxy) is 1. The summed E-state index contributed by atoms with van der Waals surface area (Å²) < 4.78 is 18.7. The van der Waals surface area contributed by atoms with Crippen molar-refractivity contribution in [1.29, 1.82) is 0 Å². The normalized spacial score (nSPS) is 12.8. The Kier molecular flexibility index (Phi) is 6.09. The van der Waals surface area contributed by atoms with E-state index in [1.165, 1.54) is 12.1 Å². The molecule has 1 aromatic carbocycles. The Morgan fingerprint density at radius 1 is 1.33 bits per heavy atom. The van der Waals surface area contributed by atoms with Crippen molar-refractivity contribution < 1.29 is 14.2 Å². The maximum atomic E-state index is 13.1. The summed E-state index contributed by atoms with van der Waals surface area (Å²) in [6, 6.07) is 4.23. The minimum absolute atomic E-state index is 0.359. The van der Waals surface area contributed by atoms with Crippen molar-refractivity contribution >= 4 is 0 Å². The lowest BCUT2D eigenvalue weighted by Gasteiger charge is -2.19. The second-order valence-corrected chi connectivity index (χ2v) is 4.23. The van der Waals surface area contributed by atoms with Crippen LogP contribution in [0.1, 0.15) is 32.4 Å². The highest BCUT2D eigenvalue weighted by molar-refractivity contribution is 5.35. The van der Waals surface area contributed by atoms with Crippen LogP contribution in [0.2, 0.25) is 0 Å². The molecule has 0 fully saturated rings. The van der Waals surface area contributed by atoms with Gasteiger partial charge in [-0.15, -0.1) is 0 Å². The molecule has 3 nitrogen and oxygen atoms in total. The van der Waals surface area contributed by atoms with Crippen LogP contribution in [0.3, 0.4) is 0 Å². The zero-order valence-corrected chi connectivity index (χ0v) is 11.3. The molecule has 0 heterocycles. The van der Waals surface area contributed by atoms with E-state index in [1.54, 1.807) is 13.0 Å². The molecule has 102 valence electrons. The van der Waals surface area contributed by atoms with Crippen LogP contribution in [0.25, 0.3) is 0 Å². The van der Waals surface area contributed by atoms with Crippen LogP contribution in [-0.4, -0.2) is 36.2 Å². The number of rotatable bonds is 7. The van der Waals surface area contributed by atoms with Crippen LogP contribution in [0, 0.1) is 5.82 Å². The van der Waals surface area contributed by atoms with Crippen molar-refractivity contribution in [2.45, 2.75) is 26.9 Å². The van der Waals surface area contributed by atoms with Crippen LogP contribution >= 0.6 is 0 Å². The fourth-order valence-electron chi connectivity index (χ4n) is 1.80. The zero-order valence-electron chi connectivity index (χ0n) is 11.3. The average molecular weight is 255 g/mol. The number of aliphatic hydroxyl groups is 1. The summed E-state index contributed by atoms with van der Waals surface area (Å²) >= 11 is 0. The first-order valence-corrected chi connectivity index (χ1v) is 6.41. The third kappa shape index (κ3) is 4.27. The molecule has 0 amide bonds. The smallest absolute Gasteiger partial charge is 0.125 e. The Morgan fingerprint density at radius 3 is 2.56 bits per heavy atom. The molecule has 0 aliphatic carbocycles. The lowest BCUT2D eigenvalue weighted by molar-refractivity contribution is 0.184. The molecule has 4 heteroatoms. The van der Waals surface area contributed by atoms with Gasteiger partial charge in [-0.2, -0.15) is 0 Å². The van der Waals surface area contributed by atoms with Crippen molar-refractivity contribution in [3.8, 4) is 5.75 Å². The summed E-state index contributed by atoms with van der Waals surface area (Å²) in [5.41, 5.74) is 0.495. The molecule has 0 aliphatic heterocycles. The van der Waals surface area contributed by atoms with Gasteiger partial charge < -0.3 is 14.7 Å². The van der Waals surface area contributed by atoms with Crippen LogP contribution < -0.4 is 4.74 Å². The fourth-order valence-corrected chi connectivity index (χ4v) is 1.80. The van der Waals surface area contributed by atoms with Crippen molar-refractivity contribution in [2.75, 3.05) is 26.2 Å². The number of hydrogen-bond donors (Lipinski definition) is 1. The number of likely N-dealkylation sites (N-methyl/N-ethyl adjacent to an activating group) is 1. The third-order valence-corrected chi connectivity index (χ3v) is 2.98. The van der Waals surface area contributed by atoms with Gasteiger partial charge in [0, 0.05) is 12.1 Å². The van der Waals surface area contributed by atoms with Crippen molar-refractivity contribution in [2.24, 2.45) is 0 Å². The molecule has 0 bridgehead atoms. The molecule has 0 aliphatic rings. The van der Waals surface area contributed by atoms with Crippen molar-refractivity contribution in [3.05, 3.63) is 29.6 Å². The minimum atomic E-state index is -0.732. The van der Waals surface area contributed by atoms with Gasteiger partial charge in [0.05, 0.1) is 6.10 Å². The first kappa shape index (κ1) is 14.9. The molecule has 0 spiro atoms. The summed E-state index contributed by atoms with van der Waals surface area (Å²) in [5, 5.41) is 9.57. The predicted molar refractivity (Wildman–Crippen MR) is 70.3 cm³/mol. The summed E-state index contributed by atoms with van der Waals surface area (Å²) in [6.45, 7) is 9.12. The maximum absolute atomic E-state index is 13.1. The van der Waals surface area contributed by atoms with Crippen LogP contribution in [0.4, 0.5) is 4.39 Å². The summed E-state index contributed by atoms with van der Waals surface area (Å²) in [6.07, 6.45) is -0.732. The van der Waals surface area contributed by atoms with E-state index in [0.29, 0.717) is 17.9 Å². The number of hydrogen-bond acceptors (Lipinski definition) is 3. The molecule has 1 rings (SSSR count). The Labute approximate surface area is 108 Å². The van der Waals surface area contributed by atoms with Gasteiger partial charge in [-0.1, -0.05) is 13.8 Å². The standard InChI is InChI=1S/C14H22FNO2/c1-4-16(5-2)8-9-18-14-7-6-12(15)10-13(14)11(3)17/h6-7,10-11,17H,4-5,8-9H2,1-3H3/t11-/m1/s1. The van der Waals surface area contributed by atoms with Gasteiger partial charge in [0.2, 0.25) is 0 Å². The van der Waals surface area contributed by atoms with Crippen molar-refractivity contribution in [3.63, 3.8) is 0 Å². The van der Waals surface area contributed by atoms with Gasteiger partial charge in [-0.25, -0.2) is 4.39 Å². The molecular formula is C14H22FNO2. The maximum Gasteiger partial charge on any atom is 0.125 e. The highest BCUT2D eigenvalue weighted by Gasteiger charge is 2.10. The minimum Gasteiger partial charge on any atom is -0.492 e. The number of aliphatic hydroxyl groups excluding tert-OH is 1. The first-order chi connectivity index (χ1) is 8.58. The lowest BCUT2D eigenvalue weighted by Crippen LogP contribution is -2.28. The second kappa shape index (κ2) is 7.34. The molecule has 1 N–H and O–H groups in total. The monoisotopic (exact) mass is 255 g/mol. The molecule has 0 aromatic heterocycles. The number of halogens is 1. The van der Waals surface area contributed by atoms with Crippen LogP contribution in [-0.2, 0) is 0 Å². The molecule has 1 aromatic rings. The quantitative estimate of drug-likeness (QED) is 0.813. The number of nitrogens with zero attached hydrogens (tertiary/aromatic N) is 1. The SMILES string of the molecule is CCN(CC)CCOc1ccc(F)cc1[C@@H](C)O. The van der Waals surface area contributed by atoms with Crippen molar-refractivity contribution in [1.82, 2.24) is 4.90 Å². The number of benzene rings is 1. The summed E-state index contributed by atoms with van der Waals surface area (Å²) in [4.78, 5) is 2.24. The second-order valence-electron chi connectivity index (χ2n) is 4.23. The van der Waals surface area contributed by atoms with E-state index in [2.05, 4.69) is 18.7 Å². The molecule has 18 heavy (non-hydrogen) atoms. The highest BCUT2D eigenvalue weighted by Crippen LogP contribution is 2.25. The molecule has 0 radical (unpaired) electrons. The summed E-state index contributed by atoms with van der Waals surface area (Å²) in [5.74, 6) is 0.195.